The van der Waals surface area contributed by atoms with Gasteiger partial charge in [-0.2, -0.15) is 8.78 Å². The van der Waals surface area contributed by atoms with E-state index in [0.29, 0.717) is 5.92 Å². The molecule has 0 saturated heterocycles. The zero-order valence-electron chi connectivity index (χ0n) is 13.2. The monoisotopic (exact) mass is 299 g/mol. The Bertz CT molecular complexity index is 398. The topological polar surface area (TPSA) is 21.3 Å². The van der Waals surface area contributed by atoms with Crippen LogP contribution in [0.2, 0.25) is 0 Å². The van der Waals surface area contributed by atoms with Crippen molar-refractivity contribution < 1.29 is 13.5 Å². The summed E-state index contributed by atoms with van der Waals surface area (Å²) in [6.07, 6.45) is 5.63. The number of hydrogen-bond donors (Lipinski definition) is 1. The highest BCUT2D eigenvalue weighted by molar-refractivity contribution is 5.36. The molecule has 4 heteroatoms. The Morgan fingerprint density at radius 1 is 1.19 bits per heavy atom. The van der Waals surface area contributed by atoms with Gasteiger partial charge in [-0.3, -0.25) is 0 Å². The predicted octanol–water partition coefficient (Wildman–Crippen LogP) is 5.16. The van der Waals surface area contributed by atoms with E-state index < -0.39 is 6.61 Å². The number of benzene rings is 1. The van der Waals surface area contributed by atoms with Gasteiger partial charge < -0.3 is 10.1 Å². The smallest absolute Gasteiger partial charge is 0.387 e. The summed E-state index contributed by atoms with van der Waals surface area (Å²) in [6, 6.07) is 7.11. The third kappa shape index (κ3) is 6.00. The van der Waals surface area contributed by atoms with Crippen LogP contribution in [0.4, 0.5) is 8.78 Å². The van der Waals surface area contributed by atoms with Gasteiger partial charge in [0, 0.05) is 11.6 Å². The van der Waals surface area contributed by atoms with Crippen molar-refractivity contribution in [2.45, 2.75) is 58.6 Å². The van der Waals surface area contributed by atoms with E-state index in [1.165, 1.54) is 19.3 Å². The Morgan fingerprint density at radius 2 is 1.90 bits per heavy atom. The molecule has 0 amide bonds. The summed E-state index contributed by atoms with van der Waals surface area (Å²) in [5.74, 6) is 0.874. The molecular formula is C17H27F2NO. The third-order valence-corrected chi connectivity index (χ3v) is 3.97. The number of alkyl halides is 2. The molecule has 0 aliphatic heterocycles. The lowest BCUT2D eigenvalue weighted by molar-refractivity contribution is -0.0507. The molecule has 0 radical (unpaired) electrons. The van der Waals surface area contributed by atoms with Crippen molar-refractivity contribution in [2.75, 3.05) is 7.05 Å². The van der Waals surface area contributed by atoms with Gasteiger partial charge in [-0.25, -0.2) is 0 Å². The highest BCUT2D eigenvalue weighted by atomic mass is 19.3. The van der Waals surface area contributed by atoms with Gasteiger partial charge in [0.25, 0.3) is 0 Å². The standard InChI is InChI=1S/C17H27F2NO/c1-4-6-9-13(5-2)12-15(20-3)14-10-7-8-11-16(14)21-17(18)19/h7-8,10-11,13,15,17,20H,4-6,9,12H2,1-3H3. The molecule has 0 spiro atoms. The van der Waals surface area contributed by atoms with Crippen LogP contribution in [0.3, 0.4) is 0 Å². The second-order valence-corrected chi connectivity index (χ2v) is 5.41. The number of rotatable bonds is 10. The lowest BCUT2D eigenvalue weighted by Crippen LogP contribution is -2.21. The van der Waals surface area contributed by atoms with Gasteiger partial charge in [0.2, 0.25) is 0 Å². The fourth-order valence-electron chi connectivity index (χ4n) is 2.69. The number of unbranched alkanes of at least 4 members (excludes halogenated alkanes) is 1. The largest absolute Gasteiger partial charge is 0.434 e. The van der Waals surface area contributed by atoms with E-state index in [1.54, 1.807) is 12.1 Å². The molecule has 2 atom stereocenters. The van der Waals surface area contributed by atoms with Crippen molar-refractivity contribution in [2.24, 2.45) is 5.92 Å². The summed E-state index contributed by atoms with van der Waals surface area (Å²) >= 11 is 0. The van der Waals surface area contributed by atoms with Gasteiger partial charge in [-0.05, 0) is 25.5 Å². The van der Waals surface area contributed by atoms with Crippen LogP contribution in [-0.4, -0.2) is 13.7 Å². The summed E-state index contributed by atoms with van der Waals surface area (Å²) < 4.78 is 29.7. The Kier molecular flexibility index (Phi) is 8.28. The van der Waals surface area contributed by atoms with E-state index in [4.69, 9.17) is 0 Å². The molecule has 0 saturated carbocycles. The van der Waals surface area contributed by atoms with Crippen LogP contribution in [0.15, 0.2) is 24.3 Å². The fourth-order valence-corrected chi connectivity index (χ4v) is 2.69. The zero-order chi connectivity index (χ0) is 15.7. The molecule has 1 rings (SSSR count). The van der Waals surface area contributed by atoms with Gasteiger partial charge >= 0.3 is 6.61 Å². The number of ether oxygens (including phenoxy) is 1. The minimum Gasteiger partial charge on any atom is -0.434 e. The SMILES string of the molecule is CCCCC(CC)CC(NC)c1ccccc1OC(F)F. The molecule has 0 bridgehead atoms. The first-order valence-electron chi connectivity index (χ1n) is 7.83. The number of halogens is 2. The first kappa shape index (κ1) is 17.9. The molecule has 1 aromatic rings. The van der Waals surface area contributed by atoms with Crippen molar-refractivity contribution in [3.05, 3.63) is 29.8 Å². The second-order valence-electron chi connectivity index (χ2n) is 5.41. The first-order valence-corrected chi connectivity index (χ1v) is 7.83. The summed E-state index contributed by atoms with van der Waals surface area (Å²) in [5.41, 5.74) is 0.815. The van der Waals surface area contributed by atoms with Crippen LogP contribution >= 0.6 is 0 Å². The fraction of sp³-hybridized carbons (Fsp3) is 0.647. The van der Waals surface area contributed by atoms with Crippen molar-refractivity contribution in [1.29, 1.82) is 0 Å². The molecular weight excluding hydrogens is 272 g/mol. The molecule has 0 aliphatic carbocycles. The van der Waals surface area contributed by atoms with E-state index in [9.17, 15) is 8.78 Å². The van der Waals surface area contributed by atoms with Crippen molar-refractivity contribution in [3.8, 4) is 5.75 Å². The van der Waals surface area contributed by atoms with Crippen LogP contribution < -0.4 is 10.1 Å². The van der Waals surface area contributed by atoms with Crippen molar-refractivity contribution in [1.82, 2.24) is 5.32 Å². The summed E-state index contributed by atoms with van der Waals surface area (Å²) in [4.78, 5) is 0. The highest BCUT2D eigenvalue weighted by Crippen LogP contribution is 2.32. The van der Waals surface area contributed by atoms with E-state index >= 15 is 0 Å². The second kappa shape index (κ2) is 9.72. The lowest BCUT2D eigenvalue weighted by Gasteiger charge is -2.24. The van der Waals surface area contributed by atoms with Crippen LogP contribution in [-0.2, 0) is 0 Å². The zero-order valence-corrected chi connectivity index (χ0v) is 13.2. The Hall–Kier alpha value is -1.16. The third-order valence-electron chi connectivity index (χ3n) is 3.97. The maximum atomic E-state index is 12.5. The minimum absolute atomic E-state index is 0.0433. The molecule has 0 aromatic heterocycles. The maximum Gasteiger partial charge on any atom is 0.387 e. The summed E-state index contributed by atoms with van der Waals surface area (Å²) in [7, 11) is 1.87. The van der Waals surface area contributed by atoms with Crippen LogP contribution in [0.5, 0.6) is 5.75 Å². The predicted molar refractivity (Wildman–Crippen MR) is 82.8 cm³/mol. The Morgan fingerprint density at radius 3 is 2.48 bits per heavy atom. The molecule has 1 aromatic carbocycles. The number of nitrogens with one attached hydrogen (secondary N) is 1. The Labute approximate surface area is 126 Å². The number of hydrogen-bond acceptors (Lipinski definition) is 2. The molecule has 1 N–H and O–H groups in total. The molecule has 0 fully saturated rings. The molecule has 2 unspecified atom stereocenters. The van der Waals surface area contributed by atoms with E-state index in [-0.39, 0.29) is 11.8 Å². The highest BCUT2D eigenvalue weighted by Gasteiger charge is 2.20. The van der Waals surface area contributed by atoms with Gasteiger partial charge in [0.05, 0.1) is 0 Å². The first-order chi connectivity index (χ1) is 10.1. The average Bonchev–Trinajstić information content (AvgIpc) is 2.48. The van der Waals surface area contributed by atoms with E-state index in [2.05, 4.69) is 23.9 Å². The van der Waals surface area contributed by atoms with Gasteiger partial charge in [-0.1, -0.05) is 57.7 Å². The quantitative estimate of drug-likeness (QED) is 0.644. The van der Waals surface area contributed by atoms with Crippen molar-refractivity contribution in [3.63, 3.8) is 0 Å². The van der Waals surface area contributed by atoms with E-state index in [1.807, 2.05) is 19.2 Å². The van der Waals surface area contributed by atoms with Crippen LogP contribution in [0, 0.1) is 5.92 Å². The van der Waals surface area contributed by atoms with Crippen molar-refractivity contribution >= 4 is 0 Å². The minimum atomic E-state index is -2.79. The van der Waals surface area contributed by atoms with Gasteiger partial charge in [0.1, 0.15) is 5.75 Å². The molecule has 0 heterocycles. The maximum absolute atomic E-state index is 12.5. The molecule has 0 aliphatic rings. The molecule has 2 nitrogen and oxygen atoms in total. The normalized spacial score (nSPS) is 14.2. The summed E-state index contributed by atoms with van der Waals surface area (Å²) in [5, 5.41) is 3.25. The van der Waals surface area contributed by atoms with E-state index in [0.717, 1.165) is 18.4 Å². The lowest BCUT2D eigenvalue weighted by atomic mass is 9.89. The van der Waals surface area contributed by atoms with Crippen LogP contribution in [0.25, 0.3) is 0 Å². The molecule has 21 heavy (non-hydrogen) atoms. The average molecular weight is 299 g/mol. The Balaban J connectivity index is 2.83. The van der Waals surface area contributed by atoms with Crippen LogP contribution in [0.1, 0.15) is 57.6 Å². The number of para-hydroxylation sites is 1. The van der Waals surface area contributed by atoms with Gasteiger partial charge in [-0.15, -0.1) is 0 Å². The summed E-state index contributed by atoms with van der Waals surface area (Å²) in [6.45, 7) is 1.59. The van der Waals surface area contributed by atoms with Gasteiger partial charge in [0.15, 0.2) is 0 Å². The molecule has 120 valence electrons.